The number of benzene rings is 2. The second-order valence-electron chi connectivity index (χ2n) is 7.50. The van der Waals surface area contributed by atoms with E-state index < -0.39 is 5.97 Å². The van der Waals surface area contributed by atoms with Crippen molar-refractivity contribution in [2.45, 2.75) is 13.8 Å². The van der Waals surface area contributed by atoms with Crippen LogP contribution in [0.3, 0.4) is 0 Å². The van der Waals surface area contributed by atoms with E-state index in [1.165, 1.54) is 7.11 Å². The van der Waals surface area contributed by atoms with Gasteiger partial charge in [-0.1, -0.05) is 26.0 Å². The molecular formula is C27H28N4O4. The fraction of sp³-hybridized carbons (Fsp3) is 0.259. The first-order chi connectivity index (χ1) is 17.2. The first-order valence-electron chi connectivity index (χ1n) is 11.6. The van der Waals surface area contributed by atoms with Gasteiger partial charge in [0.05, 0.1) is 37.1 Å². The van der Waals surface area contributed by atoms with E-state index in [1.807, 2.05) is 32.0 Å². The van der Waals surface area contributed by atoms with Gasteiger partial charge < -0.3 is 19.1 Å². The normalized spacial score (nSPS) is 13.1. The lowest BCUT2D eigenvalue weighted by Crippen LogP contribution is -2.36. The van der Waals surface area contributed by atoms with E-state index in [-0.39, 0.29) is 0 Å². The zero-order chi connectivity index (χ0) is 24.6. The third-order valence-corrected chi connectivity index (χ3v) is 5.45. The van der Waals surface area contributed by atoms with Crippen LogP contribution >= 0.6 is 0 Å². The van der Waals surface area contributed by atoms with Crippen molar-refractivity contribution in [3.8, 4) is 22.9 Å². The van der Waals surface area contributed by atoms with Crippen LogP contribution in [0.2, 0.25) is 0 Å². The number of nitrogens with zero attached hydrogens (tertiary/aromatic N) is 4. The Morgan fingerprint density at radius 1 is 0.943 bits per heavy atom. The molecule has 1 aliphatic heterocycles. The molecule has 0 spiro atoms. The van der Waals surface area contributed by atoms with E-state index in [0.717, 1.165) is 43.2 Å². The molecule has 2 aromatic carbocycles. The first-order valence-corrected chi connectivity index (χ1v) is 11.6. The standard InChI is InChI=1S/C25H22N4O4.C2H6/c1-31-25(30)18-4-8-20(9-5-18)33-24-23-22(26-10-11-27-23)16-21(28-24)17-2-6-19(7-3-17)29-12-14-32-15-13-29;1-2/h2-11,16H,12-15H2,1H3;1-2H3. The van der Waals surface area contributed by atoms with Crippen LogP contribution in [0.25, 0.3) is 22.3 Å². The predicted molar refractivity (Wildman–Crippen MR) is 135 cm³/mol. The van der Waals surface area contributed by atoms with Crippen LogP contribution in [0.5, 0.6) is 11.6 Å². The Morgan fingerprint density at radius 2 is 1.63 bits per heavy atom. The number of pyridine rings is 1. The zero-order valence-electron chi connectivity index (χ0n) is 20.1. The lowest BCUT2D eigenvalue weighted by Gasteiger charge is -2.28. The van der Waals surface area contributed by atoms with E-state index >= 15 is 0 Å². The smallest absolute Gasteiger partial charge is 0.337 e. The maximum Gasteiger partial charge on any atom is 0.337 e. The Labute approximate surface area is 204 Å². The molecule has 5 rings (SSSR count). The summed E-state index contributed by atoms with van der Waals surface area (Å²) in [5, 5.41) is 0. The van der Waals surface area contributed by atoms with Crippen LogP contribution in [0, 0.1) is 0 Å². The SMILES string of the molecule is CC.COC(=O)c1ccc(Oc2nc(-c3ccc(N4CCOCC4)cc3)cc3nccnc23)cc1. The maximum atomic E-state index is 11.7. The van der Waals surface area contributed by atoms with Crippen molar-refractivity contribution in [2.24, 2.45) is 0 Å². The molecule has 0 unspecified atom stereocenters. The third-order valence-electron chi connectivity index (χ3n) is 5.45. The molecule has 35 heavy (non-hydrogen) atoms. The molecule has 8 heteroatoms. The highest BCUT2D eigenvalue weighted by Crippen LogP contribution is 2.31. The summed E-state index contributed by atoms with van der Waals surface area (Å²) >= 11 is 0. The van der Waals surface area contributed by atoms with E-state index in [1.54, 1.807) is 36.7 Å². The lowest BCUT2D eigenvalue weighted by atomic mass is 10.1. The quantitative estimate of drug-likeness (QED) is 0.369. The summed E-state index contributed by atoms with van der Waals surface area (Å²) in [4.78, 5) is 27.6. The molecule has 180 valence electrons. The Kier molecular flexibility index (Phi) is 7.84. The highest BCUT2D eigenvalue weighted by molar-refractivity contribution is 5.89. The molecule has 0 amide bonds. The monoisotopic (exact) mass is 472 g/mol. The number of rotatable bonds is 5. The molecule has 1 aliphatic rings. The summed E-state index contributed by atoms with van der Waals surface area (Å²) < 4.78 is 16.2. The summed E-state index contributed by atoms with van der Waals surface area (Å²) in [5.41, 5.74) is 4.52. The number of carbonyl (C=O) groups is 1. The second-order valence-corrected chi connectivity index (χ2v) is 7.50. The Hall–Kier alpha value is -4.04. The number of morpholine rings is 1. The maximum absolute atomic E-state index is 11.7. The number of ether oxygens (including phenoxy) is 3. The van der Waals surface area contributed by atoms with E-state index in [4.69, 9.17) is 19.2 Å². The second kappa shape index (κ2) is 11.4. The molecule has 0 saturated carbocycles. The van der Waals surface area contributed by atoms with Gasteiger partial charge in [0.25, 0.3) is 0 Å². The number of fused-ring (bicyclic) bond motifs is 1. The molecule has 8 nitrogen and oxygen atoms in total. The highest BCUT2D eigenvalue weighted by atomic mass is 16.5. The fourth-order valence-corrected chi connectivity index (χ4v) is 3.72. The lowest BCUT2D eigenvalue weighted by molar-refractivity contribution is 0.0600. The van der Waals surface area contributed by atoms with Crippen LogP contribution in [0.15, 0.2) is 67.0 Å². The molecule has 0 N–H and O–H groups in total. The Bertz CT molecular complexity index is 1270. The molecule has 1 saturated heterocycles. The minimum Gasteiger partial charge on any atom is -0.465 e. The molecule has 4 aromatic rings. The van der Waals surface area contributed by atoms with E-state index in [2.05, 4.69) is 27.0 Å². The van der Waals surface area contributed by atoms with Crippen molar-refractivity contribution >= 4 is 22.7 Å². The van der Waals surface area contributed by atoms with Crippen LogP contribution in [0.1, 0.15) is 24.2 Å². The minimum absolute atomic E-state index is 0.346. The summed E-state index contributed by atoms with van der Waals surface area (Å²) in [6.45, 7) is 7.26. The van der Waals surface area contributed by atoms with E-state index in [9.17, 15) is 4.79 Å². The fourth-order valence-electron chi connectivity index (χ4n) is 3.72. The number of anilines is 1. The summed E-state index contributed by atoms with van der Waals surface area (Å²) in [7, 11) is 1.35. The molecule has 0 bridgehead atoms. The largest absolute Gasteiger partial charge is 0.465 e. The van der Waals surface area contributed by atoms with Gasteiger partial charge in [-0.05, 0) is 42.5 Å². The van der Waals surface area contributed by atoms with Crippen LogP contribution in [0.4, 0.5) is 5.69 Å². The Balaban J connectivity index is 0.00000141. The van der Waals surface area contributed by atoms with Crippen molar-refractivity contribution in [2.75, 3.05) is 38.3 Å². The van der Waals surface area contributed by atoms with Gasteiger partial charge >= 0.3 is 5.97 Å². The molecular weight excluding hydrogens is 444 g/mol. The first kappa shape index (κ1) is 24.1. The van der Waals surface area contributed by atoms with Crippen LogP contribution in [-0.2, 0) is 9.47 Å². The molecule has 0 radical (unpaired) electrons. The Morgan fingerprint density at radius 3 is 2.31 bits per heavy atom. The van der Waals surface area contributed by atoms with Crippen molar-refractivity contribution < 1.29 is 19.0 Å². The summed E-state index contributed by atoms with van der Waals surface area (Å²) in [5.74, 6) is 0.471. The van der Waals surface area contributed by atoms with Crippen molar-refractivity contribution in [1.29, 1.82) is 0 Å². The van der Waals surface area contributed by atoms with Gasteiger partial charge in [0, 0.05) is 36.7 Å². The van der Waals surface area contributed by atoms with Crippen molar-refractivity contribution in [3.63, 3.8) is 0 Å². The number of aromatic nitrogens is 3. The average Bonchev–Trinajstić information content (AvgIpc) is 2.94. The molecule has 1 fully saturated rings. The van der Waals surface area contributed by atoms with Gasteiger partial charge in [-0.3, -0.25) is 4.98 Å². The summed E-state index contributed by atoms with van der Waals surface area (Å²) in [6, 6.07) is 16.9. The van der Waals surface area contributed by atoms with Crippen molar-refractivity contribution in [3.05, 3.63) is 72.6 Å². The predicted octanol–water partition coefficient (Wildman–Crippen LogP) is 5.13. The molecule has 0 aliphatic carbocycles. The van der Waals surface area contributed by atoms with Gasteiger partial charge in [0.2, 0.25) is 5.88 Å². The topological polar surface area (TPSA) is 86.7 Å². The minimum atomic E-state index is -0.404. The average molecular weight is 473 g/mol. The number of hydrogen-bond donors (Lipinski definition) is 0. The molecule has 0 atom stereocenters. The third kappa shape index (κ3) is 5.55. The van der Waals surface area contributed by atoms with Gasteiger partial charge in [0.15, 0.2) is 5.52 Å². The van der Waals surface area contributed by atoms with Crippen molar-refractivity contribution in [1.82, 2.24) is 15.0 Å². The number of carbonyl (C=O) groups excluding carboxylic acids is 1. The number of methoxy groups -OCH3 is 1. The van der Waals surface area contributed by atoms with Gasteiger partial charge in [0.1, 0.15) is 5.75 Å². The zero-order valence-corrected chi connectivity index (χ0v) is 20.1. The summed E-state index contributed by atoms with van der Waals surface area (Å²) in [6.07, 6.45) is 3.25. The number of esters is 1. The molecule has 3 heterocycles. The molecule has 2 aromatic heterocycles. The highest BCUT2D eigenvalue weighted by Gasteiger charge is 2.15. The van der Waals surface area contributed by atoms with Gasteiger partial charge in [-0.2, -0.15) is 0 Å². The van der Waals surface area contributed by atoms with Gasteiger partial charge in [-0.25, -0.2) is 14.8 Å². The van der Waals surface area contributed by atoms with Gasteiger partial charge in [-0.15, -0.1) is 0 Å². The van der Waals surface area contributed by atoms with Crippen LogP contribution in [-0.4, -0.2) is 54.3 Å². The van der Waals surface area contributed by atoms with E-state index in [0.29, 0.717) is 28.2 Å². The van der Waals surface area contributed by atoms with Crippen LogP contribution < -0.4 is 9.64 Å². The number of hydrogen-bond acceptors (Lipinski definition) is 8.